The van der Waals surface area contributed by atoms with E-state index in [4.69, 9.17) is 4.74 Å². The van der Waals surface area contributed by atoms with Gasteiger partial charge in [-0.05, 0) is 52.0 Å². The molecule has 0 bridgehead atoms. The number of carbonyl (C=O) groups excluding carboxylic acids is 1. The normalized spacial score (nSPS) is 22.9. The lowest BCUT2D eigenvalue weighted by molar-refractivity contribution is 0.0308. The first kappa shape index (κ1) is 20.6. The van der Waals surface area contributed by atoms with E-state index in [-0.39, 0.29) is 12.0 Å². The largest absolute Gasteiger partial charge is 0.444 e. The SMILES string of the molecule is CC(C)(C)OC(=O)NC(C)(CC(F)F)C1CNC(Cc2ccccc2)C1. The molecule has 0 aromatic heterocycles. The van der Waals surface area contributed by atoms with Crippen LogP contribution in [0.3, 0.4) is 0 Å². The predicted octanol–water partition coefficient (Wildman–Crippen LogP) is 4.15. The van der Waals surface area contributed by atoms with Crippen LogP contribution in [0.4, 0.5) is 13.6 Å². The number of ether oxygens (including phenoxy) is 1. The summed E-state index contributed by atoms with van der Waals surface area (Å²) in [6.07, 6.45) is -1.96. The molecule has 2 rings (SSSR count). The minimum absolute atomic E-state index is 0.0854. The van der Waals surface area contributed by atoms with E-state index in [0.29, 0.717) is 6.54 Å². The third kappa shape index (κ3) is 6.24. The number of hydrogen-bond donors (Lipinski definition) is 2. The lowest BCUT2D eigenvalue weighted by atomic mass is 9.80. The van der Waals surface area contributed by atoms with Crippen LogP contribution in [0.1, 0.15) is 46.1 Å². The second-order valence-corrected chi connectivity index (χ2v) is 8.37. The minimum Gasteiger partial charge on any atom is -0.444 e. The Bertz CT molecular complexity index is 589. The Morgan fingerprint density at radius 2 is 1.92 bits per heavy atom. The Morgan fingerprint density at radius 3 is 2.50 bits per heavy atom. The molecular weight excluding hydrogens is 338 g/mol. The molecule has 0 spiro atoms. The Balaban J connectivity index is 2.03. The van der Waals surface area contributed by atoms with Crippen molar-refractivity contribution in [3.05, 3.63) is 35.9 Å². The maximum atomic E-state index is 13.2. The smallest absolute Gasteiger partial charge is 0.408 e. The van der Waals surface area contributed by atoms with Gasteiger partial charge in [0.05, 0.1) is 5.54 Å². The fourth-order valence-electron chi connectivity index (χ4n) is 3.54. The summed E-state index contributed by atoms with van der Waals surface area (Å²) in [5, 5.41) is 6.15. The van der Waals surface area contributed by atoms with Gasteiger partial charge in [0.1, 0.15) is 5.60 Å². The minimum atomic E-state index is -2.50. The number of alkyl halides is 2. The van der Waals surface area contributed by atoms with Gasteiger partial charge in [0, 0.05) is 19.0 Å². The van der Waals surface area contributed by atoms with E-state index in [9.17, 15) is 13.6 Å². The molecule has 0 saturated carbocycles. The third-order valence-corrected chi connectivity index (χ3v) is 4.81. The summed E-state index contributed by atoms with van der Waals surface area (Å²) in [4.78, 5) is 12.2. The summed E-state index contributed by atoms with van der Waals surface area (Å²) < 4.78 is 31.7. The van der Waals surface area contributed by atoms with Crippen LogP contribution in [0.5, 0.6) is 0 Å². The van der Waals surface area contributed by atoms with Crippen LogP contribution in [0.25, 0.3) is 0 Å². The van der Waals surface area contributed by atoms with Crippen LogP contribution in [0.15, 0.2) is 30.3 Å². The zero-order valence-corrected chi connectivity index (χ0v) is 16.0. The summed E-state index contributed by atoms with van der Waals surface area (Å²) in [6.45, 7) is 7.55. The number of carbonyl (C=O) groups is 1. The number of nitrogens with one attached hydrogen (secondary N) is 2. The number of halogens is 2. The molecule has 146 valence electrons. The van der Waals surface area contributed by atoms with Crippen molar-refractivity contribution in [2.75, 3.05) is 6.54 Å². The highest BCUT2D eigenvalue weighted by Gasteiger charge is 2.42. The summed E-state index contributed by atoms with van der Waals surface area (Å²) in [6, 6.07) is 10.3. The van der Waals surface area contributed by atoms with E-state index in [1.165, 1.54) is 5.56 Å². The van der Waals surface area contributed by atoms with Crippen molar-refractivity contribution in [1.29, 1.82) is 0 Å². The van der Waals surface area contributed by atoms with E-state index < -0.39 is 30.1 Å². The lowest BCUT2D eigenvalue weighted by Gasteiger charge is -2.36. The van der Waals surface area contributed by atoms with Gasteiger partial charge in [-0.25, -0.2) is 13.6 Å². The Morgan fingerprint density at radius 1 is 1.27 bits per heavy atom. The van der Waals surface area contributed by atoms with Crippen molar-refractivity contribution >= 4 is 6.09 Å². The predicted molar refractivity (Wildman–Crippen MR) is 98.4 cm³/mol. The van der Waals surface area contributed by atoms with Gasteiger partial charge in [-0.3, -0.25) is 0 Å². The highest BCUT2D eigenvalue weighted by atomic mass is 19.3. The number of hydrogen-bond acceptors (Lipinski definition) is 3. The quantitative estimate of drug-likeness (QED) is 0.793. The van der Waals surface area contributed by atoms with Crippen LogP contribution < -0.4 is 10.6 Å². The maximum Gasteiger partial charge on any atom is 0.408 e. The number of amides is 1. The van der Waals surface area contributed by atoms with E-state index in [1.54, 1.807) is 27.7 Å². The van der Waals surface area contributed by atoms with Crippen molar-refractivity contribution in [3.63, 3.8) is 0 Å². The summed E-state index contributed by atoms with van der Waals surface area (Å²) >= 11 is 0. The molecule has 3 unspecified atom stereocenters. The zero-order valence-electron chi connectivity index (χ0n) is 16.0. The molecule has 2 N–H and O–H groups in total. The van der Waals surface area contributed by atoms with Crippen LogP contribution in [0, 0.1) is 5.92 Å². The van der Waals surface area contributed by atoms with Crippen LogP contribution in [-0.4, -0.2) is 36.2 Å². The number of benzene rings is 1. The van der Waals surface area contributed by atoms with Gasteiger partial charge < -0.3 is 15.4 Å². The molecule has 0 radical (unpaired) electrons. The first-order valence-corrected chi connectivity index (χ1v) is 9.14. The van der Waals surface area contributed by atoms with E-state index >= 15 is 0 Å². The molecule has 1 aliphatic rings. The topological polar surface area (TPSA) is 50.4 Å². The van der Waals surface area contributed by atoms with Gasteiger partial charge in [0.15, 0.2) is 0 Å². The average molecular weight is 368 g/mol. The Kier molecular flexibility index (Phi) is 6.61. The Labute approximate surface area is 154 Å². The molecule has 1 aliphatic heterocycles. The fraction of sp³-hybridized carbons (Fsp3) is 0.650. The van der Waals surface area contributed by atoms with E-state index in [2.05, 4.69) is 22.8 Å². The molecular formula is C20H30F2N2O2. The average Bonchev–Trinajstić information content (AvgIpc) is 2.94. The molecule has 1 aromatic carbocycles. The first-order chi connectivity index (χ1) is 12.1. The zero-order chi connectivity index (χ0) is 19.4. The lowest BCUT2D eigenvalue weighted by Crippen LogP contribution is -2.54. The molecule has 1 heterocycles. The number of alkyl carbamates (subject to hydrolysis) is 1. The molecule has 3 atom stereocenters. The van der Waals surface area contributed by atoms with Gasteiger partial charge in [-0.15, -0.1) is 0 Å². The molecule has 1 saturated heterocycles. The molecule has 0 aliphatic carbocycles. The number of rotatable bonds is 6. The van der Waals surface area contributed by atoms with Gasteiger partial charge in [-0.1, -0.05) is 30.3 Å². The van der Waals surface area contributed by atoms with Crippen LogP contribution in [-0.2, 0) is 11.2 Å². The van der Waals surface area contributed by atoms with Crippen molar-refractivity contribution in [2.24, 2.45) is 5.92 Å². The standard InChI is InChI=1S/C20H30F2N2O2/c1-19(2,3)26-18(25)24-20(4,12-17(21)22)15-11-16(23-13-15)10-14-8-6-5-7-9-14/h5-9,15-17,23H,10-13H2,1-4H3,(H,24,25). The Hall–Kier alpha value is -1.69. The van der Waals surface area contributed by atoms with Crippen molar-refractivity contribution in [3.8, 4) is 0 Å². The molecule has 6 heteroatoms. The van der Waals surface area contributed by atoms with Gasteiger partial charge in [0.2, 0.25) is 6.43 Å². The fourth-order valence-corrected chi connectivity index (χ4v) is 3.54. The van der Waals surface area contributed by atoms with Crippen molar-refractivity contribution in [2.45, 2.75) is 70.6 Å². The van der Waals surface area contributed by atoms with E-state index in [1.807, 2.05) is 18.2 Å². The van der Waals surface area contributed by atoms with Gasteiger partial charge >= 0.3 is 6.09 Å². The van der Waals surface area contributed by atoms with Crippen LogP contribution >= 0.6 is 0 Å². The summed E-state index contributed by atoms with van der Waals surface area (Å²) in [5.41, 5.74) is -0.476. The van der Waals surface area contributed by atoms with Crippen LogP contribution in [0.2, 0.25) is 0 Å². The highest BCUT2D eigenvalue weighted by Crippen LogP contribution is 2.32. The van der Waals surface area contributed by atoms with E-state index in [0.717, 1.165) is 12.8 Å². The molecule has 4 nitrogen and oxygen atoms in total. The second-order valence-electron chi connectivity index (χ2n) is 8.37. The van der Waals surface area contributed by atoms with Gasteiger partial charge in [0.25, 0.3) is 0 Å². The third-order valence-electron chi connectivity index (χ3n) is 4.81. The monoisotopic (exact) mass is 368 g/mol. The highest BCUT2D eigenvalue weighted by molar-refractivity contribution is 5.68. The van der Waals surface area contributed by atoms with Crippen molar-refractivity contribution in [1.82, 2.24) is 10.6 Å². The maximum absolute atomic E-state index is 13.2. The summed E-state index contributed by atoms with van der Waals surface area (Å²) in [5.74, 6) is -0.0854. The first-order valence-electron chi connectivity index (χ1n) is 9.14. The molecule has 1 amide bonds. The van der Waals surface area contributed by atoms with Gasteiger partial charge in [-0.2, -0.15) is 0 Å². The van der Waals surface area contributed by atoms with Crippen molar-refractivity contribution < 1.29 is 18.3 Å². The molecule has 1 aromatic rings. The second kappa shape index (κ2) is 8.33. The summed E-state index contributed by atoms with van der Waals surface area (Å²) in [7, 11) is 0. The molecule has 1 fully saturated rings. The molecule has 26 heavy (non-hydrogen) atoms.